The highest BCUT2D eigenvalue weighted by Gasteiger charge is 2.38. The Morgan fingerprint density at radius 2 is 2.06 bits per heavy atom. The van der Waals surface area contributed by atoms with Crippen molar-refractivity contribution < 1.29 is 0 Å². The van der Waals surface area contributed by atoms with Crippen molar-refractivity contribution in [3.8, 4) is 6.07 Å². The Hall–Kier alpha value is -0.550. The fraction of sp³-hybridized carbons (Fsp3) is 0.933. The predicted molar refractivity (Wildman–Crippen MR) is 70.5 cm³/mol. The first-order valence-corrected chi connectivity index (χ1v) is 7.25. The maximum atomic E-state index is 8.93. The van der Waals surface area contributed by atoms with Gasteiger partial charge in [-0.15, -0.1) is 0 Å². The molecule has 0 aromatic rings. The molecule has 2 aliphatic carbocycles. The predicted octanol–water partition coefficient (Wildman–Crippen LogP) is 3.48. The number of rotatable bonds is 6. The number of hydrogen-bond donors (Lipinski definition) is 1. The fourth-order valence-corrected chi connectivity index (χ4v) is 3.53. The fourth-order valence-electron chi connectivity index (χ4n) is 3.53. The average Bonchev–Trinajstić information content (AvgIpc) is 2.90. The minimum Gasteiger partial charge on any atom is -0.314 e. The first kappa shape index (κ1) is 12.9. The van der Waals surface area contributed by atoms with E-state index in [1.54, 1.807) is 0 Å². The van der Waals surface area contributed by atoms with Crippen LogP contribution in [0, 0.1) is 28.6 Å². The van der Waals surface area contributed by atoms with Crippen LogP contribution < -0.4 is 5.32 Å². The lowest BCUT2D eigenvalue weighted by Gasteiger charge is -2.23. The van der Waals surface area contributed by atoms with Crippen molar-refractivity contribution in [2.75, 3.05) is 6.54 Å². The molecular weight excluding hydrogens is 208 g/mol. The summed E-state index contributed by atoms with van der Waals surface area (Å²) in [5.41, 5.74) is -0.133. The van der Waals surface area contributed by atoms with E-state index in [-0.39, 0.29) is 5.41 Å². The lowest BCUT2D eigenvalue weighted by atomic mass is 9.89. The Kier molecular flexibility index (Phi) is 4.09. The number of nitriles is 1. The van der Waals surface area contributed by atoms with Crippen LogP contribution in [0.4, 0.5) is 0 Å². The largest absolute Gasteiger partial charge is 0.314 e. The van der Waals surface area contributed by atoms with Gasteiger partial charge in [-0.2, -0.15) is 5.26 Å². The van der Waals surface area contributed by atoms with Crippen molar-refractivity contribution in [1.82, 2.24) is 5.32 Å². The number of unbranched alkanes of at least 4 members (excludes halogenated alkanes) is 1. The maximum Gasteiger partial charge on any atom is 0.0683 e. The second-order valence-corrected chi connectivity index (χ2v) is 6.69. The Morgan fingerprint density at radius 1 is 1.24 bits per heavy atom. The molecule has 2 heteroatoms. The average molecular weight is 234 g/mol. The third kappa shape index (κ3) is 3.45. The first-order chi connectivity index (χ1) is 8.11. The van der Waals surface area contributed by atoms with Crippen LogP contribution >= 0.6 is 0 Å². The van der Waals surface area contributed by atoms with Gasteiger partial charge in [0.1, 0.15) is 0 Å². The maximum absolute atomic E-state index is 8.93. The Balaban J connectivity index is 1.54. The van der Waals surface area contributed by atoms with Crippen LogP contribution in [0.3, 0.4) is 0 Å². The lowest BCUT2D eigenvalue weighted by molar-refractivity contribution is 0.344. The highest BCUT2D eigenvalue weighted by molar-refractivity contribution is 4.94. The van der Waals surface area contributed by atoms with Gasteiger partial charge in [0.15, 0.2) is 0 Å². The van der Waals surface area contributed by atoms with Gasteiger partial charge in [-0.25, -0.2) is 0 Å². The van der Waals surface area contributed by atoms with Gasteiger partial charge in [0.05, 0.1) is 11.5 Å². The van der Waals surface area contributed by atoms with E-state index < -0.39 is 0 Å². The standard InChI is InChI=1S/C15H26N2/c1-15(2,11-16)7-3-4-8-17-14-10-12-5-6-13(14)9-12/h12-14,17H,3-10H2,1-2H3. The van der Waals surface area contributed by atoms with Gasteiger partial charge in [0, 0.05) is 6.04 Å². The topological polar surface area (TPSA) is 35.8 Å². The summed E-state index contributed by atoms with van der Waals surface area (Å²) in [5, 5.41) is 12.7. The number of nitrogens with zero attached hydrogens (tertiary/aromatic N) is 1. The number of hydrogen-bond acceptors (Lipinski definition) is 2. The molecule has 0 aliphatic heterocycles. The number of fused-ring (bicyclic) bond motifs is 2. The van der Waals surface area contributed by atoms with E-state index in [1.165, 1.54) is 38.5 Å². The SMILES string of the molecule is CC(C)(C#N)CCCCNC1CC2CCC1C2. The molecule has 0 aromatic heterocycles. The van der Waals surface area contributed by atoms with Gasteiger partial charge >= 0.3 is 0 Å². The smallest absolute Gasteiger partial charge is 0.0683 e. The van der Waals surface area contributed by atoms with E-state index in [0.29, 0.717) is 0 Å². The van der Waals surface area contributed by atoms with Crippen LogP contribution in [-0.4, -0.2) is 12.6 Å². The quantitative estimate of drug-likeness (QED) is 0.714. The highest BCUT2D eigenvalue weighted by atomic mass is 14.9. The summed E-state index contributed by atoms with van der Waals surface area (Å²) in [7, 11) is 0. The van der Waals surface area contributed by atoms with E-state index in [0.717, 1.165) is 30.8 Å². The molecule has 1 N–H and O–H groups in total. The molecule has 96 valence electrons. The normalized spacial score (nSPS) is 31.7. The summed E-state index contributed by atoms with van der Waals surface area (Å²) >= 11 is 0. The lowest BCUT2D eigenvalue weighted by Crippen LogP contribution is -2.34. The minimum absolute atomic E-state index is 0.133. The van der Waals surface area contributed by atoms with Crippen LogP contribution in [0.5, 0.6) is 0 Å². The zero-order chi connectivity index (χ0) is 12.3. The molecule has 2 aliphatic rings. The summed E-state index contributed by atoms with van der Waals surface area (Å²) in [6.45, 7) is 5.22. The molecule has 3 atom stereocenters. The molecule has 0 heterocycles. The summed E-state index contributed by atoms with van der Waals surface area (Å²) < 4.78 is 0. The van der Waals surface area contributed by atoms with E-state index in [4.69, 9.17) is 5.26 Å². The summed E-state index contributed by atoms with van der Waals surface area (Å²) in [5.74, 6) is 2.02. The second-order valence-electron chi connectivity index (χ2n) is 6.69. The number of nitrogens with one attached hydrogen (secondary N) is 1. The van der Waals surface area contributed by atoms with Crippen LogP contribution in [0.25, 0.3) is 0 Å². The Bertz CT molecular complexity index is 290. The molecule has 2 nitrogen and oxygen atoms in total. The minimum atomic E-state index is -0.133. The molecule has 2 rings (SSSR count). The summed E-state index contributed by atoms with van der Waals surface area (Å²) in [4.78, 5) is 0. The van der Waals surface area contributed by atoms with Crippen molar-refractivity contribution in [1.29, 1.82) is 5.26 Å². The van der Waals surface area contributed by atoms with Crippen molar-refractivity contribution in [3.63, 3.8) is 0 Å². The Morgan fingerprint density at radius 3 is 2.65 bits per heavy atom. The summed E-state index contributed by atoms with van der Waals surface area (Å²) in [6.07, 6.45) is 9.28. The third-order valence-electron chi connectivity index (χ3n) is 4.68. The zero-order valence-corrected chi connectivity index (χ0v) is 11.3. The van der Waals surface area contributed by atoms with E-state index in [2.05, 4.69) is 11.4 Å². The molecule has 0 radical (unpaired) electrons. The molecule has 17 heavy (non-hydrogen) atoms. The van der Waals surface area contributed by atoms with Crippen LogP contribution in [0.1, 0.15) is 58.8 Å². The van der Waals surface area contributed by atoms with Crippen LogP contribution in [0.2, 0.25) is 0 Å². The van der Waals surface area contributed by atoms with Gasteiger partial charge in [-0.3, -0.25) is 0 Å². The highest BCUT2D eigenvalue weighted by Crippen LogP contribution is 2.44. The molecule has 0 aromatic carbocycles. The van der Waals surface area contributed by atoms with Gasteiger partial charge in [-0.05, 0) is 64.3 Å². The van der Waals surface area contributed by atoms with Crippen molar-refractivity contribution in [2.45, 2.75) is 64.8 Å². The molecule has 0 saturated heterocycles. The summed E-state index contributed by atoms with van der Waals surface area (Å²) in [6, 6.07) is 3.19. The third-order valence-corrected chi connectivity index (χ3v) is 4.68. The molecule has 2 bridgehead atoms. The molecular formula is C15H26N2. The monoisotopic (exact) mass is 234 g/mol. The van der Waals surface area contributed by atoms with Crippen molar-refractivity contribution in [2.24, 2.45) is 17.3 Å². The molecule has 2 saturated carbocycles. The van der Waals surface area contributed by atoms with Gasteiger partial charge in [0.2, 0.25) is 0 Å². The van der Waals surface area contributed by atoms with Gasteiger partial charge < -0.3 is 5.32 Å². The van der Waals surface area contributed by atoms with Crippen LogP contribution in [-0.2, 0) is 0 Å². The molecule has 3 unspecified atom stereocenters. The van der Waals surface area contributed by atoms with Gasteiger partial charge in [-0.1, -0.05) is 12.8 Å². The Labute approximate surface area is 106 Å². The van der Waals surface area contributed by atoms with E-state index >= 15 is 0 Å². The van der Waals surface area contributed by atoms with Crippen LogP contribution in [0.15, 0.2) is 0 Å². The zero-order valence-electron chi connectivity index (χ0n) is 11.3. The van der Waals surface area contributed by atoms with Crippen molar-refractivity contribution in [3.05, 3.63) is 0 Å². The van der Waals surface area contributed by atoms with Gasteiger partial charge in [0.25, 0.3) is 0 Å². The molecule has 0 spiro atoms. The van der Waals surface area contributed by atoms with Crippen molar-refractivity contribution >= 4 is 0 Å². The van der Waals surface area contributed by atoms with E-state index in [9.17, 15) is 0 Å². The molecule has 0 amide bonds. The molecule has 2 fully saturated rings. The second kappa shape index (κ2) is 5.40. The first-order valence-electron chi connectivity index (χ1n) is 7.25. The van der Waals surface area contributed by atoms with E-state index in [1.807, 2.05) is 13.8 Å².